The van der Waals surface area contributed by atoms with Gasteiger partial charge in [0.1, 0.15) is 5.60 Å². The SMILES string of the molecule is [2H]C([2H])([2H])N(CCCl)C(=O)OC(C)(C)C. The van der Waals surface area contributed by atoms with Gasteiger partial charge in [0.15, 0.2) is 0 Å². The van der Waals surface area contributed by atoms with E-state index >= 15 is 0 Å². The van der Waals surface area contributed by atoms with Gasteiger partial charge in [-0.1, -0.05) is 0 Å². The maximum atomic E-state index is 11.5. The molecule has 0 aliphatic carbocycles. The highest BCUT2D eigenvalue weighted by molar-refractivity contribution is 6.18. The Balaban J connectivity index is 4.58. The topological polar surface area (TPSA) is 29.5 Å². The predicted molar refractivity (Wildman–Crippen MR) is 49.6 cm³/mol. The number of carbonyl (C=O) groups is 1. The zero-order valence-electron chi connectivity index (χ0n) is 10.6. The number of alkyl halides is 1. The first-order valence-corrected chi connectivity index (χ1v) is 4.18. The first-order valence-electron chi connectivity index (χ1n) is 5.14. The van der Waals surface area contributed by atoms with Crippen LogP contribution in [0.2, 0.25) is 0 Å². The smallest absolute Gasteiger partial charge is 0.410 e. The summed E-state index contributed by atoms with van der Waals surface area (Å²) in [7, 11) is 0. The summed E-state index contributed by atoms with van der Waals surface area (Å²) >= 11 is 5.42. The molecule has 0 aromatic heterocycles. The molecule has 0 aromatic carbocycles. The van der Waals surface area contributed by atoms with Crippen molar-refractivity contribution in [2.45, 2.75) is 26.4 Å². The van der Waals surface area contributed by atoms with E-state index in [-0.39, 0.29) is 12.4 Å². The summed E-state index contributed by atoms with van der Waals surface area (Å²) in [6.07, 6.45) is -0.872. The van der Waals surface area contributed by atoms with E-state index in [9.17, 15) is 4.79 Å². The molecular formula is C8H16ClNO2. The molecule has 0 saturated heterocycles. The zero-order chi connectivity index (χ0) is 12.3. The average molecular weight is 197 g/mol. The molecule has 0 N–H and O–H groups in total. The Labute approximate surface area is 82.8 Å². The molecule has 0 radical (unpaired) electrons. The van der Waals surface area contributed by atoms with Crippen LogP contribution in [0.3, 0.4) is 0 Å². The molecule has 0 spiro atoms. The van der Waals surface area contributed by atoms with Crippen LogP contribution in [0.5, 0.6) is 0 Å². The van der Waals surface area contributed by atoms with E-state index in [0.717, 1.165) is 0 Å². The third-order valence-electron chi connectivity index (χ3n) is 0.922. The molecule has 0 heterocycles. The van der Waals surface area contributed by atoms with Gasteiger partial charge < -0.3 is 9.64 Å². The van der Waals surface area contributed by atoms with E-state index in [1.807, 2.05) is 0 Å². The van der Waals surface area contributed by atoms with Gasteiger partial charge in [-0.25, -0.2) is 4.79 Å². The quantitative estimate of drug-likeness (QED) is 0.633. The molecule has 0 saturated carbocycles. The lowest BCUT2D eigenvalue weighted by Crippen LogP contribution is -2.35. The number of hydrogen-bond acceptors (Lipinski definition) is 2. The fourth-order valence-electron chi connectivity index (χ4n) is 0.493. The van der Waals surface area contributed by atoms with E-state index in [1.165, 1.54) is 0 Å². The third-order valence-corrected chi connectivity index (χ3v) is 1.09. The fraction of sp³-hybridized carbons (Fsp3) is 0.875. The van der Waals surface area contributed by atoms with E-state index in [2.05, 4.69) is 0 Å². The number of rotatable bonds is 2. The van der Waals surface area contributed by atoms with Crippen molar-refractivity contribution in [3.63, 3.8) is 0 Å². The highest BCUT2D eigenvalue weighted by Gasteiger charge is 2.18. The molecule has 0 rings (SSSR count). The summed E-state index contributed by atoms with van der Waals surface area (Å²) in [5.74, 6) is 0.0532. The van der Waals surface area contributed by atoms with Crippen LogP contribution in [0.1, 0.15) is 24.9 Å². The molecule has 0 unspecified atom stereocenters. The van der Waals surface area contributed by atoms with Crippen LogP contribution in [-0.2, 0) is 4.74 Å². The Morgan fingerprint density at radius 1 is 1.67 bits per heavy atom. The minimum absolute atomic E-state index is 0.0532. The number of nitrogens with zero attached hydrogens (tertiary/aromatic N) is 1. The van der Waals surface area contributed by atoms with Gasteiger partial charge in [-0.05, 0) is 20.8 Å². The van der Waals surface area contributed by atoms with Crippen molar-refractivity contribution in [2.24, 2.45) is 0 Å². The number of amides is 1. The second-order valence-corrected chi connectivity index (χ2v) is 3.70. The van der Waals surface area contributed by atoms with Crippen molar-refractivity contribution in [1.82, 2.24) is 4.90 Å². The van der Waals surface area contributed by atoms with E-state index < -0.39 is 18.7 Å². The molecule has 0 bridgehead atoms. The second kappa shape index (κ2) is 4.55. The summed E-state index contributed by atoms with van der Waals surface area (Å²) < 4.78 is 26.3. The maximum Gasteiger partial charge on any atom is 0.410 e. The minimum Gasteiger partial charge on any atom is -0.444 e. The van der Waals surface area contributed by atoms with Gasteiger partial charge in [0.25, 0.3) is 0 Å². The van der Waals surface area contributed by atoms with Gasteiger partial charge >= 0.3 is 6.09 Å². The highest BCUT2D eigenvalue weighted by atomic mass is 35.5. The van der Waals surface area contributed by atoms with Crippen molar-refractivity contribution >= 4 is 17.7 Å². The largest absolute Gasteiger partial charge is 0.444 e. The Kier molecular flexibility index (Phi) is 2.66. The molecule has 0 aliphatic rings. The van der Waals surface area contributed by atoms with Crippen molar-refractivity contribution in [1.29, 1.82) is 0 Å². The Hall–Kier alpha value is -0.440. The number of carbonyl (C=O) groups excluding carboxylic acids is 1. The van der Waals surface area contributed by atoms with E-state index in [0.29, 0.717) is 4.90 Å². The second-order valence-electron chi connectivity index (χ2n) is 3.32. The van der Waals surface area contributed by atoms with Crippen molar-refractivity contribution in [3.8, 4) is 0 Å². The summed E-state index contributed by atoms with van der Waals surface area (Å²) in [5, 5.41) is 0. The third kappa shape index (κ3) is 5.24. The Bertz CT molecular complexity index is 225. The van der Waals surface area contributed by atoms with E-state index in [4.69, 9.17) is 20.5 Å². The Morgan fingerprint density at radius 3 is 2.58 bits per heavy atom. The zero-order valence-corrected chi connectivity index (χ0v) is 8.31. The van der Waals surface area contributed by atoms with Crippen LogP contribution < -0.4 is 0 Å². The van der Waals surface area contributed by atoms with Crippen LogP contribution >= 0.6 is 11.6 Å². The van der Waals surface area contributed by atoms with Crippen LogP contribution in [0.25, 0.3) is 0 Å². The van der Waals surface area contributed by atoms with Crippen molar-refractivity contribution in [2.75, 3.05) is 19.4 Å². The molecule has 12 heavy (non-hydrogen) atoms. The molecule has 72 valence electrons. The fourth-order valence-corrected chi connectivity index (χ4v) is 0.662. The van der Waals surface area contributed by atoms with Gasteiger partial charge in [0, 0.05) is 23.5 Å². The van der Waals surface area contributed by atoms with Crippen molar-refractivity contribution < 1.29 is 13.6 Å². The van der Waals surface area contributed by atoms with Gasteiger partial charge in [0.05, 0.1) is 0 Å². The normalized spacial score (nSPS) is 15.8. The van der Waals surface area contributed by atoms with Crippen LogP contribution in [0.4, 0.5) is 4.79 Å². The average Bonchev–Trinajstić information content (AvgIpc) is 1.93. The van der Waals surface area contributed by atoms with Crippen LogP contribution in [-0.4, -0.2) is 36.0 Å². The maximum absolute atomic E-state index is 11.5. The highest BCUT2D eigenvalue weighted by Crippen LogP contribution is 2.08. The van der Waals surface area contributed by atoms with Gasteiger partial charge in [-0.2, -0.15) is 0 Å². The summed E-state index contributed by atoms with van der Waals surface area (Å²) in [6.45, 7) is 2.43. The van der Waals surface area contributed by atoms with Crippen LogP contribution in [0.15, 0.2) is 0 Å². The van der Waals surface area contributed by atoms with Gasteiger partial charge in [-0.15, -0.1) is 11.6 Å². The summed E-state index contributed by atoms with van der Waals surface area (Å²) in [4.78, 5) is 12.1. The van der Waals surface area contributed by atoms with Gasteiger partial charge in [0.2, 0.25) is 0 Å². The van der Waals surface area contributed by atoms with Crippen LogP contribution in [0, 0.1) is 0 Å². The first-order chi connectivity index (χ1) is 6.58. The summed E-state index contributed by atoms with van der Waals surface area (Å²) in [6, 6.07) is 0. The molecular weight excluding hydrogens is 178 g/mol. The molecule has 4 heteroatoms. The molecule has 0 aliphatic heterocycles. The number of halogens is 1. The number of hydrogen-bond donors (Lipinski definition) is 0. The minimum atomic E-state index is -2.52. The molecule has 0 fully saturated rings. The monoisotopic (exact) mass is 196 g/mol. The molecule has 0 aromatic rings. The molecule has 1 amide bonds. The lowest BCUT2D eigenvalue weighted by Gasteiger charge is -2.23. The molecule has 3 nitrogen and oxygen atoms in total. The summed E-state index contributed by atoms with van der Waals surface area (Å²) in [5.41, 5.74) is -0.715. The van der Waals surface area contributed by atoms with Crippen molar-refractivity contribution in [3.05, 3.63) is 0 Å². The molecule has 0 atom stereocenters. The first kappa shape index (κ1) is 7.01. The number of ether oxygens (including phenoxy) is 1. The lowest BCUT2D eigenvalue weighted by atomic mass is 10.2. The predicted octanol–water partition coefficient (Wildman–Crippen LogP) is 2.09. The lowest BCUT2D eigenvalue weighted by molar-refractivity contribution is 0.0309. The van der Waals surface area contributed by atoms with E-state index in [1.54, 1.807) is 20.8 Å². The standard InChI is InChI=1S/C8H16ClNO2/c1-8(2,3)12-7(11)10(4)6-5-9/h5-6H2,1-4H3/i4D3. The van der Waals surface area contributed by atoms with Gasteiger partial charge in [-0.3, -0.25) is 0 Å². The Morgan fingerprint density at radius 2 is 2.25 bits per heavy atom.